The Morgan fingerprint density at radius 1 is 0.926 bits per heavy atom. The van der Waals surface area contributed by atoms with Crippen LogP contribution in [-0.2, 0) is 16.0 Å². The molecule has 2 aromatic heterocycles. The van der Waals surface area contributed by atoms with Crippen LogP contribution >= 0.6 is 22.7 Å². The third-order valence-corrected chi connectivity index (χ3v) is 13.9. The average molecular weight is 761 g/mol. The van der Waals surface area contributed by atoms with E-state index in [-0.39, 0.29) is 5.57 Å². The van der Waals surface area contributed by atoms with Gasteiger partial charge < -0.3 is 9.64 Å². The smallest absolute Gasteiger partial charge is 0.349 e. The van der Waals surface area contributed by atoms with Gasteiger partial charge in [0.15, 0.2) is 0 Å². The Labute approximate surface area is 333 Å². The summed E-state index contributed by atoms with van der Waals surface area (Å²) >= 11 is 3.50. The predicted octanol–water partition coefficient (Wildman–Crippen LogP) is 13.8. The lowest BCUT2D eigenvalue weighted by Crippen LogP contribution is -2.45. The van der Waals surface area contributed by atoms with Crippen LogP contribution in [0.4, 0.5) is 5.69 Å². The molecule has 6 rings (SSSR count). The maximum atomic E-state index is 12.7. The molecule has 54 heavy (non-hydrogen) atoms. The number of carbonyl (C=O) groups excluding carboxylic acids is 1. The molecular formula is C48H60N2O2S2. The minimum Gasteiger partial charge on any atom is -0.456 e. The number of hydrogen-bond acceptors (Lipinski definition) is 6. The van der Waals surface area contributed by atoms with Crippen molar-refractivity contribution in [1.29, 1.82) is 5.26 Å². The van der Waals surface area contributed by atoms with Crippen molar-refractivity contribution < 1.29 is 9.53 Å². The first kappa shape index (κ1) is 40.0. The Kier molecular flexibility index (Phi) is 13.9. The molecule has 4 atom stereocenters. The highest BCUT2D eigenvalue weighted by Gasteiger charge is 2.50. The molecule has 2 aliphatic carbocycles. The van der Waals surface area contributed by atoms with E-state index in [9.17, 15) is 10.1 Å². The second kappa shape index (κ2) is 18.8. The fourth-order valence-corrected chi connectivity index (χ4v) is 11.2. The number of unbranched alkanes of at least 4 members (excludes halogenated alkanes) is 9. The maximum absolute atomic E-state index is 12.7. The van der Waals surface area contributed by atoms with Gasteiger partial charge in [0.2, 0.25) is 0 Å². The van der Waals surface area contributed by atoms with Crippen molar-refractivity contribution in [2.24, 2.45) is 17.8 Å². The first-order valence-electron chi connectivity index (χ1n) is 20.6. The van der Waals surface area contributed by atoms with Crippen molar-refractivity contribution >= 4 is 40.4 Å². The van der Waals surface area contributed by atoms with Crippen LogP contribution in [0.15, 0.2) is 84.5 Å². The van der Waals surface area contributed by atoms with Crippen LogP contribution in [0.5, 0.6) is 0 Å². The van der Waals surface area contributed by atoms with Crippen molar-refractivity contribution in [3.63, 3.8) is 0 Å². The van der Waals surface area contributed by atoms with Gasteiger partial charge in [0.1, 0.15) is 17.2 Å². The zero-order valence-corrected chi connectivity index (χ0v) is 34.7. The van der Waals surface area contributed by atoms with Gasteiger partial charge in [-0.2, -0.15) is 5.26 Å². The third-order valence-electron chi connectivity index (χ3n) is 11.5. The van der Waals surface area contributed by atoms with Crippen molar-refractivity contribution in [3.05, 3.63) is 94.9 Å². The van der Waals surface area contributed by atoms with Gasteiger partial charge in [-0.15, -0.1) is 22.7 Å². The van der Waals surface area contributed by atoms with Gasteiger partial charge >= 0.3 is 5.97 Å². The number of esters is 1. The molecule has 4 nitrogen and oxygen atoms in total. The summed E-state index contributed by atoms with van der Waals surface area (Å²) in [4.78, 5) is 20.0. The van der Waals surface area contributed by atoms with E-state index in [1.54, 1.807) is 17.4 Å². The number of anilines is 1. The van der Waals surface area contributed by atoms with Crippen LogP contribution in [0.1, 0.15) is 122 Å². The quantitative estimate of drug-likeness (QED) is 0.0631. The number of fused-ring (bicyclic) bond motifs is 5. The van der Waals surface area contributed by atoms with Crippen molar-refractivity contribution in [3.8, 4) is 26.3 Å². The number of nitrogens with zero attached hydrogens (tertiary/aromatic N) is 2. The van der Waals surface area contributed by atoms with Gasteiger partial charge in [-0.05, 0) is 118 Å². The molecule has 2 saturated carbocycles. The highest BCUT2D eigenvalue weighted by molar-refractivity contribution is 7.24. The molecule has 3 aliphatic rings. The Morgan fingerprint density at radius 3 is 2.33 bits per heavy atom. The number of rotatable bonds is 16. The van der Waals surface area contributed by atoms with Gasteiger partial charge in [0.05, 0.1) is 0 Å². The largest absolute Gasteiger partial charge is 0.456 e. The number of ether oxygens (including phenoxy) is 1. The topological polar surface area (TPSA) is 53.3 Å². The molecule has 286 valence electrons. The van der Waals surface area contributed by atoms with Crippen LogP contribution in [0.3, 0.4) is 0 Å². The van der Waals surface area contributed by atoms with E-state index in [4.69, 9.17) is 4.74 Å². The zero-order chi connectivity index (χ0) is 38.1. The summed E-state index contributed by atoms with van der Waals surface area (Å²) in [7, 11) is 0. The third kappa shape index (κ3) is 10.1. The fourth-order valence-electron chi connectivity index (χ4n) is 8.92. The number of hydrogen-bond donors (Lipinski definition) is 0. The molecular weight excluding hydrogens is 701 g/mol. The summed E-state index contributed by atoms with van der Waals surface area (Å²) in [5.41, 5.74) is 4.61. The van der Waals surface area contributed by atoms with Crippen LogP contribution in [0.2, 0.25) is 0 Å². The standard InChI is InChI=1S/C48H60N2O2S2/c1-6-7-8-9-10-11-12-13-14-17-20-38-32-43(54-46(38)42-28-27-41(53-42)31-39(33-49)47(51)52-48(3,4)5)35-23-25-40(26-24-35)50-29-18-15-16-19-34(2)44-36-21-22-37(30-36)45(44)50/h15-16,18-19,23-28,31-32,36-37,44-45H,2,6-14,17,20-22,29-30H2,1,3-5H3/b18-15-,19-16-,39-31+. The molecule has 0 N–H and O–H groups in total. The fraction of sp³-hybridized carbons (Fsp3) is 0.500. The molecule has 1 aliphatic heterocycles. The Bertz CT molecular complexity index is 1860. The highest BCUT2D eigenvalue weighted by atomic mass is 32.1. The summed E-state index contributed by atoms with van der Waals surface area (Å²) in [6.45, 7) is 13.2. The number of allylic oxidation sites excluding steroid dienone is 3. The molecule has 3 heterocycles. The number of thiophene rings is 2. The second-order valence-electron chi connectivity index (χ2n) is 16.7. The predicted molar refractivity (Wildman–Crippen MR) is 231 cm³/mol. The number of aryl methyl sites for hydroxylation is 1. The SMILES string of the molecule is C=C1/C=C\C=C/CN(c2ccc(-c3cc(CCCCCCCCCCCC)c(-c4ccc(/C=C(\C#N)C(=O)OC(C)(C)C)s4)s3)cc2)C2C3CCC(C3)C12. The van der Waals surface area contributed by atoms with Gasteiger partial charge in [0, 0.05) is 43.7 Å². The van der Waals surface area contributed by atoms with Crippen molar-refractivity contribution in [2.45, 2.75) is 129 Å². The van der Waals surface area contributed by atoms with Crippen molar-refractivity contribution in [1.82, 2.24) is 0 Å². The lowest BCUT2D eigenvalue weighted by molar-refractivity contribution is -0.149. The van der Waals surface area contributed by atoms with E-state index in [2.05, 4.69) is 85.2 Å². The van der Waals surface area contributed by atoms with E-state index in [1.807, 2.05) is 38.2 Å². The molecule has 0 saturated heterocycles. The zero-order valence-electron chi connectivity index (χ0n) is 33.1. The van der Waals surface area contributed by atoms with Crippen LogP contribution < -0.4 is 4.90 Å². The molecule has 4 unspecified atom stereocenters. The normalized spacial score (nSPS) is 22.3. The lowest BCUT2D eigenvalue weighted by Gasteiger charge is -2.41. The van der Waals surface area contributed by atoms with E-state index < -0.39 is 11.6 Å². The lowest BCUT2D eigenvalue weighted by atomic mass is 9.79. The van der Waals surface area contributed by atoms with Crippen LogP contribution in [0, 0.1) is 29.1 Å². The Morgan fingerprint density at radius 2 is 1.63 bits per heavy atom. The molecule has 6 heteroatoms. The number of benzene rings is 1. The monoisotopic (exact) mass is 760 g/mol. The first-order valence-corrected chi connectivity index (χ1v) is 22.3. The molecule has 0 radical (unpaired) electrons. The minimum atomic E-state index is -0.656. The van der Waals surface area contributed by atoms with Gasteiger partial charge in [-0.1, -0.05) is 108 Å². The first-order chi connectivity index (χ1) is 26.1. The summed E-state index contributed by atoms with van der Waals surface area (Å²) < 4.78 is 5.49. The van der Waals surface area contributed by atoms with Crippen LogP contribution in [-0.4, -0.2) is 24.2 Å². The molecule has 2 fully saturated rings. The van der Waals surface area contributed by atoms with Gasteiger partial charge in [-0.25, -0.2) is 4.79 Å². The maximum Gasteiger partial charge on any atom is 0.349 e. The molecule has 2 bridgehead atoms. The molecule has 1 aromatic carbocycles. The Balaban J connectivity index is 1.21. The molecule has 3 aromatic rings. The number of nitriles is 1. The second-order valence-corrected chi connectivity index (χ2v) is 18.8. The summed E-state index contributed by atoms with van der Waals surface area (Å²) in [5, 5.41) is 9.77. The van der Waals surface area contributed by atoms with E-state index in [0.717, 1.165) is 29.7 Å². The highest BCUT2D eigenvalue weighted by Crippen LogP contribution is 2.54. The number of carbonyl (C=O) groups is 1. The summed E-state index contributed by atoms with van der Waals surface area (Å²) in [6, 6.07) is 18.5. The van der Waals surface area contributed by atoms with E-state index >= 15 is 0 Å². The van der Waals surface area contributed by atoms with Gasteiger partial charge in [-0.3, -0.25) is 0 Å². The van der Waals surface area contributed by atoms with Crippen LogP contribution in [0.25, 0.3) is 26.3 Å². The molecule has 0 amide bonds. The van der Waals surface area contributed by atoms with E-state index in [0.29, 0.717) is 12.0 Å². The van der Waals surface area contributed by atoms with E-state index in [1.165, 1.54) is 120 Å². The molecule has 0 spiro atoms. The van der Waals surface area contributed by atoms with Gasteiger partial charge in [0.25, 0.3) is 0 Å². The summed E-state index contributed by atoms with van der Waals surface area (Å²) in [5.74, 6) is 1.45. The Hall–Kier alpha value is -3.66. The average Bonchev–Trinajstić information content (AvgIpc) is 3.97. The summed E-state index contributed by atoms with van der Waals surface area (Å²) in [6.07, 6.45) is 28.9. The van der Waals surface area contributed by atoms with Crippen molar-refractivity contribution in [2.75, 3.05) is 11.4 Å². The minimum absolute atomic E-state index is 0.0272.